The number of carbonyl (C=O) groups is 1. The molecule has 104 valence electrons. The van der Waals surface area contributed by atoms with Crippen LogP contribution in [0.15, 0.2) is 18.2 Å². The van der Waals surface area contributed by atoms with Crippen LogP contribution in [0.4, 0.5) is 5.69 Å². The van der Waals surface area contributed by atoms with Gasteiger partial charge in [0.2, 0.25) is 0 Å². The number of nitrogens with one attached hydrogen (secondary N) is 2. The van der Waals surface area contributed by atoms with Gasteiger partial charge in [0.05, 0.1) is 11.3 Å². The van der Waals surface area contributed by atoms with Gasteiger partial charge in [-0.2, -0.15) is 0 Å². The summed E-state index contributed by atoms with van der Waals surface area (Å²) in [5.74, 6) is 0.562. The third kappa shape index (κ3) is 3.68. The number of rotatable bonds is 4. The minimum absolute atomic E-state index is 0.130. The molecule has 0 radical (unpaired) electrons. The fourth-order valence-corrected chi connectivity index (χ4v) is 1.88. The molecule has 0 aliphatic carbocycles. The van der Waals surface area contributed by atoms with E-state index in [9.17, 15) is 9.90 Å². The minimum Gasteiger partial charge on any atom is -0.479 e. The van der Waals surface area contributed by atoms with Gasteiger partial charge < -0.3 is 20.5 Å². The fraction of sp³-hybridized carbons (Fsp3) is 0.500. The van der Waals surface area contributed by atoms with Crippen LogP contribution in [0.5, 0.6) is 5.75 Å². The van der Waals surface area contributed by atoms with Crippen LogP contribution in [0.25, 0.3) is 0 Å². The summed E-state index contributed by atoms with van der Waals surface area (Å²) in [4.78, 5) is 11.5. The van der Waals surface area contributed by atoms with Gasteiger partial charge in [0.1, 0.15) is 5.75 Å². The molecule has 1 amide bonds. The summed E-state index contributed by atoms with van der Waals surface area (Å²) in [6.07, 6.45) is -0.452. The maximum atomic E-state index is 11.5. The van der Waals surface area contributed by atoms with E-state index in [0.29, 0.717) is 24.5 Å². The van der Waals surface area contributed by atoms with Crippen LogP contribution in [-0.4, -0.2) is 29.3 Å². The number of benzene rings is 1. The molecule has 0 saturated carbocycles. The fourth-order valence-electron chi connectivity index (χ4n) is 1.88. The topological polar surface area (TPSA) is 70.6 Å². The van der Waals surface area contributed by atoms with E-state index in [1.165, 1.54) is 0 Å². The summed E-state index contributed by atoms with van der Waals surface area (Å²) in [6.45, 7) is 6.36. The number of ether oxygens (including phenoxy) is 1. The summed E-state index contributed by atoms with van der Waals surface area (Å²) in [6, 6.07) is 5.68. The molecule has 1 aromatic rings. The van der Waals surface area contributed by atoms with Gasteiger partial charge in [-0.1, -0.05) is 6.07 Å². The lowest BCUT2D eigenvalue weighted by Gasteiger charge is -2.24. The molecule has 0 saturated heterocycles. The molecule has 0 spiro atoms. The lowest BCUT2D eigenvalue weighted by molar-refractivity contribution is -0.122. The highest BCUT2D eigenvalue weighted by Crippen LogP contribution is 2.30. The number of amides is 1. The second-order valence-corrected chi connectivity index (χ2v) is 5.50. The summed E-state index contributed by atoms with van der Waals surface area (Å²) >= 11 is 0. The normalized spacial score (nSPS) is 18.5. The van der Waals surface area contributed by atoms with Crippen molar-refractivity contribution in [3.63, 3.8) is 0 Å². The van der Waals surface area contributed by atoms with E-state index in [-0.39, 0.29) is 5.91 Å². The molecule has 1 aliphatic heterocycles. The molecule has 0 aromatic heterocycles. The summed E-state index contributed by atoms with van der Waals surface area (Å²) < 4.78 is 5.49. The molecule has 1 aromatic carbocycles. The quantitative estimate of drug-likeness (QED) is 0.766. The van der Waals surface area contributed by atoms with Crippen LogP contribution < -0.4 is 15.4 Å². The Hall–Kier alpha value is -1.59. The first-order valence-corrected chi connectivity index (χ1v) is 6.39. The number of anilines is 1. The van der Waals surface area contributed by atoms with Crippen molar-refractivity contribution in [3.05, 3.63) is 23.8 Å². The third-order valence-corrected chi connectivity index (χ3v) is 2.86. The van der Waals surface area contributed by atoms with Crippen molar-refractivity contribution in [3.8, 4) is 5.75 Å². The zero-order valence-electron chi connectivity index (χ0n) is 11.5. The highest BCUT2D eigenvalue weighted by atomic mass is 16.5. The van der Waals surface area contributed by atoms with Crippen LogP contribution in [0.2, 0.25) is 0 Å². The summed E-state index contributed by atoms with van der Waals surface area (Å²) in [7, 11) is 0. The molecule has 19 heavy (non-hydrogen) atoms. The number of carbonyl (C=O) groups excluding carboxylic acids is 1. The van der Waals surface area contributed by atoms with Crippen molar-refractivity contribution >= 4 is 11.6 Å². The van der Waals surface area contributed by atoms with E-state index in [2.05, 4.69) is 10.6 Å². The first kappa shape index (κ1) is 13.8. The Labute approximate surface area is 113 Å². The highest BCUT2D eigenvalue weighted by Gasteiger charge is 2.23. The number of aliphatic hydroxyl groups is 1. The summed E-state index contributed by atoms with van der Waals surface area (Å²) in [5.41, 5.74) is 0.994. The third-order valence-electron chi connectivity index (χ3n) is 2.86. The van der Waals surface area contributed by atoms with E-state index in [1.54, 1.807) is 20.8 Å². The first-order valence-electron chi connectivity index (χ1n) is 6.39. The Bertz CT molecular complexity index is 480. The van der Waals surface area contributed by atoms with E-state index in [1.807, 2.05) is 18.2 Å². The molecule has 5 nitrogen and oxygen atoms in total. The van der Waals surface area contributed by atoms with E-state index in [4.69, 9.17) is 4.74 Å². The SMILES string of the molecule is CC1Oc2ccc(CNCC(C)(C)O)cc2NC1=O. The van der Waals surface area contributed by atoms with Crippen LogP contribution >= 0.6 is 0 Å². The summed E-state index contributed by atoms with van der Waals surface area (Å²) in [5, 5.41) is 15.6. The maximum absolute atomic E-state index is 11.5. The van der Waals surface area contributed by atoms with Gasteiger partial charge in [0.25, 0.3) is 5.91 Å². The van der Waals surface area contributed by atoms with Crippen LogP contribution in [0, 0.1) is 0 Å². The zero-order valence-corrected chi connectivity index (χ0v) is 11.5. The predicted octanol–water partition coefficient (Wildman–Crippen LogP) is 1.27. The zero-order chi connectivity index (χ0) is 14.0. The van der Waals surface area contributed by atoms with Crippen molar-refractivity contribution in [1.82, 2.24) is 5.32 Å². The van der Waals surface area contributed by atoms with Crippen LogP contribution in [0.3, 0.4) is 0 Å². The Morgan fingerprint density at radius 2 is 2.21 bits per heavy atom. The van der Waals surface area contributed by atoms with Gasteiger partial charge in [-0.3, -0.25) is 4.79 Å². The van der Waals surface area contributed by atoms with Crippen molar-refractivity contribution in [2.24, 2.45) is 0 Å². The average Bonchev–Trinajstić information content (AvgIpc) is 2.29. The van der Waals surface area contributed by atoms with Crippen molar-refractivity contribution in [1.29, 1.82) is 0 Å². The van der Waals surface area contributed by atoms with Crippen molar-refractivity contribution < 1.29 is 14.6 Å². The number of hydrogen-bond acceptors (Lipinski definition) is 4. The number of fused-ring (bicyclic) bond motifs is 1. The molecule has 1 heterocycles. The smallest absolute Gasteiger partial charge is 0.265 e. The van der Waals surface area contributed by atoms with Crippen molar-refractivity contribution in [2.75, 3.05) is 11.9 Å². The van der Waals surface area contributed by atoms with Gasteiger partial charge in [-0.05, 0) is 38.5 Å². The van der Waals surface area contributed by atoms with Gasteiger partial charge in [-0.15, -0.1) is 0 Å². The molecule has 1 atom stereocenters. The molecular formula is C14H20N2O3. The van der Waals surface area contributed by atoms with E-state index < -0.39 is 11.7 Å². The van der Waals surface area contributed by atoms with Crippen LogP contribution in [0.1, 0.15) is 26.3 Å². The molecule has 5 heteroatoms. The second kappa shape index (κ2) is 5.19. The molecule has 0 bridgehead atoms. The largest absolute Gasteiger partial charge is 0.479 e. The minimum atomic E-state index is -0.735. The lowest BCUT2D eigenvalue weighted by atomic mass is 10.1. The Kier molecular flexibility index (Phi) is 3.78. The van der Waals surface area contributed by atoms with Crippen LogP contribution in [-0.2, 0) is 11.3 Å². The molecule has 1 aliphatic rings. The lowest BCUT2D eigenvalue weighted by Crippen LogP contribution is -2.35. The molecule has 3 N–H and O–H groups in total. The van der Waals surface area contributed by atoms with Crippen molar-refractivity contribution in [2.45, 2.75) is 39.0 Å². The van der Waals surface area contributed by atoms with Gasteiger partial charge >= 0.3 is 0 Å². The number of hydrogen-bond donors (Lipinski definition) is 3. The predicted molar refractivity (Wildman–Crippen MR) is 73.2 cm³/mol. The molecule has 2 rings (SSSR count). The highest BCUT2D eigenvalue weighted by molar-refractivity contribution is 5.97. The maximum Gasteiger partial charge on any atom is 0.265 e. The Morgan fingerprint density at radius 3 is 2.89 bits per heavy atom. The standard InChI is InChI=1S/C14H20N2O3/c1-9-13(17)16-11-6-10(4-5-12(11)19-9)7-15-8-14(2,3)18/h4-6,9,15,18H,7-8H2,1-3H3,(H,16,17). The first-order chi connectivity index (χ1) is 8.85. The molecule has 0 fully saturated rings. The Balaban J connectivity index is 2.01. The average molecular weight is 264 g/mol. The second-order valence-electron chi connectivity index (χ2n) is 5.50. The monoisotopic (exact) mass is 264 g/mol. The molecular weight excluding hydrogens is 244 g/mol. The Morgan fingerprint density at radius 1 is 1.47 bits per heavy atom. The van der Waals surface area contributed by atoms with Gasteiger partial charge in [0, 0.05) is 13.1 Å². The van der Waals surface area contributed by atoms with E-state index >= 15 is 0 Å². The van der Waals surface area contributed by atoms with Gasteiger partial charge in [-0.25, -0.2) is 0 Å². The van der Waals surface area contributed by atoms with Gasteiger partial charge in [0.15, 0.2) is 6.10 Å². The molecule has 1 unspecified atom stereocenters. The van der Waals surface area contributed by atoms with E-state index in [0.717, 1.165) is 5.56 Å².